The van der Waals surface area contributed by atoms with Gasteiger partial charge in [0.2, 0.25) is 5.88 Å². The third kappa shape index (κ3) is 4.12. The van der Waals surface area contributed by atoms with Gasteiger partial charge in [-0.1, -0.05) is 12.1 Å². The van der Waals surface area contributed by atoms with E-state index >= 15 is 0 Å². The Morgan fingerprint density at radius 2 is 1.87 bits per heavy atom. The number of rotatable bonds is 4. The maximum atomic E-state index is 12.3. The first kappa shape index (κ1) is 16.6. The predicted molar refractivity (Wildman–Crippen MR) is 74.2 cm³/mol. The molecule has 0 spiro atoms. The number of ether oxygens (including phenoxy) is 3. The fourth-order valence-electron chi connectivity index (χ4n) is 1.89. The zero-order valence-electron chi connectivity index (χ0n) is 12.2. The van der Waals surface area contributed by atoms with Gasteiger partial charge in [-0.25, -0.2) is 9.78 Å². The Labute approximate surface area is 129 Å². The van der Waals surface area contributed by atoms with E-state index in [1.807, 2.05) is 0 Å². The Kier molecular flexibility index (Phi) is 4.73. The molecular formula is C15H12F3NO4. The zero-order valence-corrected chi connectivity index (χ0v) is 12.2. The topological polar surface area (TPSA) is 57.7 Å². The molecule has 5 nitrogen and oxygen atoms in total. The third-order valence-electron chi connectivity index (χ3n) is 2.83. The summed E-state index contributed by atoms with van der Waals surface area (Å²) in [6.07, 6.45) is -4.78. The fourth-order valence-corrected chi connectivity index (χ4v) is 1.89. The Hall–Kier alpha value is -2.77. The highest BCUT2D eigenvalue weighted by Crippen LogP contribution is 2.32. The highest BCUT2D eigenvalue weighted by molar-refractivity contribution is 5.88. The van der Waals surface area contributed by atoms with E-state index < -0.39 is 12.3 Å². The van der Waals surface area contributed by atoms with Gasteiger partial charge >= 0.3 is 12.3 Å². The van der Waals surface area contributed by atoms with E-state index in [2.05, 4.69) is 14.5 Å². The van der Waals surface area contributed by atoms with Crippen LogP contribution in [0.15, 0.2) is 36.4 Å². The van der Waals surface area contributed by atoms with Gasteiger partial charge in [-0.3, -0.25) is 0 Å². The van der Waals surface area contributed by atoms with Gasteiger partial charge in [0.05, 0.1) is 14.2 Å². The summed E-state index contributed by atoms with van der Waals surface area (Å²) in [6.45, 7) is 0. The van der Waals surface area contributed by atoms with Gasteiger partial charge in [0.25, 0.3) is 0 Å². The summed E-state index contributed by atoms with van der Waals surface area (Å²) in [5, 5.41) is 0. The summed E-state index contributed by atoms with van der Waals surface area (Å²) in [4.78, 5) is 15.4. The van der Waals surface area contributed by atoms with Gasteiger partial charge in [0.15, 0.2) is 5.69 Å². The summed E-state index contributed by atoms with van der Waals surface area (Å²) in [5.41, 5.74) is 0.830. The number of carbonyl (C=O) groups excluding carboxylic acids is 1. The lowest BCUT2D eigenvalue weighted by Gasteiger charge is -2.12. The van der Waals surface area contributed by atoms with E-state index in [-0.39, 0.29) is 17.3 Å². The third-order valence-corrected chi connectivity index (χ3v) is 2.83. The number of esters is 1. The number of alkyl halides is 3. The van der Waals surface area contributed by atoms with Gasteiger partial charge < -0.3 is 14.2 Å². The molecule has 0 N–H and O–H groups in total. The number of nitrogens with zero attached hydrogens (tertiary/aromatic N) is 1. The number of carbonyl (C=O) groups is 1. The minimum absolute atomic E-state index is 0.0239. The highest BCUT2D eigenvalue weighted by Gasteiger charge is 2.31. The Bertz CT molecular complexity index is 716. The summed E-state index contributed by atoms with van der Waals surface area (Å²) >= 11 is 0. The molecule has 0 atom stereocenters. The summed E-state index contributed by atoms with van der Waals surface area (Å²) in [7, 11) is 2.55. The molecule has 0 amide bonds. The molecule has 0 bridgehead atoms. The molecule has 122 valence electrons. The molecule has 1 aromatic heterocycles. The first-order valence-electron chi connectivity index (χ1n) is 6.33. The molecular weight excluding hydrogens is 315 g/mol. The van der Waals surface area contributed by atoms with Crippen molar-refractivity contribution in [1.82, 2.24) is 4.98 Å². The van der Waals surface area contributed by atoms with Crippen LogP contribution in [0.3, 0.4) is 0 Å². The number of aromatic nitrogens is 1. The molecule has 23 heavy (non-hydrogen) atoms. The van der Waals surface area contributed by atoms with Crippen molar-refractivity contribution in [2.75, 3.05) is 14.2 Å². The maximum absolute atomic E-state index is 12.3. The summed E-state index contributed by atoms with van der Waals surface area (Å²) in [5.74, 6) is -0.935. The van der Waals surface area contributed by atoms with Crippen molar-refractivity contribution in [3.05, 3.63) is 42.1 Å². The van der Waals surface area contributed by atoms with Crippen molar-refractivity contribution in [2.45, 2.75) is 6.36 Å². The molecule has 0 saturated carbocycles. The maximum Gasteiger partial charge on any atom is 0.573 e. The van der Waals surface area contributed by atoms with Crippen LogP contribution in [-0.4, -0.2) is 31.5 Å². The molecule has 0 aliphatic rings. The number of benzene rings is 1. The lowest BCUT2D eigenvalue weighted by atomic mass is 10.1. The SMILES string of the molecule is COC(=O)c1ccc(-c2cccc(OC(F)(F)F)c2)c(OC)n1. The van der Waals surface area contributed by atoms with Crippen LogP contribution in [-0.2, 0) is 4.74 Å². The van der Waals surface area contributed by atoms with Crippen LogP contribution in [0.1, 0.15) is 10.5 Å². The molecule has 0 aliphatic heterocycles. The standard InChI is InChI=1S/C15H12F3NO4/c1-21-13-11(6-7-12(19-13)14(20)22-2)9-4-3-5-10(8-9)23-15(16,17)18/h3-8H,1-2H3. The Morgan fingerprint density at radius 3 is 2.48 bits per heavy atom. The van der Waals surface area contributed by atoms with Crippen molar-refractivity contribution in [2.24, 2.45) is 0 Å². The van der Waals surface area contributed by atoms with Crippen LogP contribution < -0.4 is 9.47 Å². The predicted octanol–water partition coefficient (Wildman–Crippen LogP) is 3.44. The number of hydrogen-bond donors (Lipinski definition) is 0. The second kappa shape index (κ2) is 6.55. The van der Waals surface area contributed by atoms with E-state index in [1.54, 1.807) is 6.07 Å². The van der Waals surface area contributed by atoms with Gasteiger partial charge in [-0.05, 0) is 29.8 Å². The van der Waals surface area contributed by atoms with E-state index in [0.717, 1.165) is 0 Å². The van der Waals surface area contributed by atoms with Crippen LogP contribution in [0.2, 0.25) is 0 Å². The van der Waals surface area contributed by atoms with Crippen LogP contribution >= 0.6 is 0 Å². The van der Waals surface area contributed by atoms with Crippen LogP contribution in [0.25, 0.3) is 11.1 Å². The fraction of sp³-hybridized carbons (Fsp3) is 0.200. The van der Waals surface area contributed by atoms with Gasteiger partial charge in [0, 0.05) is 5.56 Å². The van der Waals surface area contributed by atoms with Crippen molar-refractivity contribution >= 4 is 5.97 Å². The second-order valence-corrected chi connectivity index (χ2v) is 4.32. The molecule has 0 fully saturated rings. The van der Waals surface area contributed by atoms with E-state index in [9.17, 15) is 18.0 Å². The molecule has 0 unspecified atom stereocenters. The van der Waals surface area contributed by atoms with Gasteiger partial charge in [-0.2, -0.15) is 0 Å². The van der Waals surface area contributed by atoms with Gasteiger partial charge in [-0.15, -0.1) is 13.2 Å². The van der Waals surface area contributed by atoms with Crippen LogP contribution in [0.4, 0.5) is 13.2 Å². The summed E-state index contributed by atoms with van der Waals surface area (Å²) in [6, 6.07) is 8.25. The molecule has 0 radical (unpaired) electrons. The van der Waals surface area contributed by atoms with E-state index in [0.29, 0.717) is 11.1 Å². The monoisotopic (exact) mass is 327 g/mol. The molecule has 0 aliphatic carbocycles. The average Bonchev–Trinajstić information content (AvgIpc) is 2.52. The quantitative estimate of drug-likeness (QED) is 0.805. The minimum Gasteiger partial charge on any atom is -0.481 e. The van der Waals surface area contributed by atoms with Crippen LogP contribution in [0.5, 0.6) is 11.6 Å². The van der Waals surface area contributed by atoms with Crippen molar-refractivity contribution < 1.29 is 32.2 Å². The largest absolute Gasteiger partial charge is 0.573 e. The molecule has 2 rings (SSSR count). The normalized spacial score (nSPS) is 11.0. The number of halogens is 3. The van der Waals surface area contributed by atoms with Crippen molar-refractivity contribution in [1.29, 1.82) is 0 Å². The van der Waals surface area contributed by atoms with Crippen molar-refractivity contribution in [3.8, 4) is 22.8 Å². The average molecular weight is 327 g/mol. The number of methoxy groups -OCH3 is 2. The van der Waals surface area contributed by atoms with Gasteiger partial charge in [0.1, 0.15) is 5.75 Å². The molecule has 1 aromatic carbocycles. The van der Waals surface area contributed by atoms with Crippen molar-refractivity contribution in [3.63, 3.8) is 0 Å². The molecule has 8 heteroatoms. The molecule has 1 heterocycles. The minimum atomic E-state index is -4.78. The lowest BCUT2D eigenvalue weighted by molar-refractivity contribution is -0.274. The van der Waals surface area contributed by atoms with Crippen LogP contribution in [0, 0.1) is 0 Å². The summed E-state index contributed by atoms with van der Waals surface area (Å²) < 4.78 is 50.4. The Balaban J connectivity index is 2.42. The molecule has 2 aromatic rings. The molecule has 0 saturated heterocycles. The lowest BCUT2D eigenvalue weighted by Crippen LogP contribution is -2.17. The number of hydrogen-bond acceptors (Lipinski definition) is 5. The van der Waals surface area contributed by atoms with E-state index in [1.165, 1.54) is 44.6 Å². The second-order valence-electron chi connectivity index (χ2n) is 4.32. The Morgan fingerprint density at radius 1 is 1.13 bits per heavy atom. The number of pyridine rings is 1. The first-order valence-corrected chi connectivity index (χ1v) is 6.33. The first-order chi connectivity index (χ1) is 10.8. The van der Waals surface area contributed by atoms with E-state index in [4.69, 9.17) is 4.74 Å². The zero-order chi connectivity index (χ0) is 17.0. The highest BCUT2D eigenvalue weighted by atomic mass is 19.4. The smallest absolute Gasteiger partial charge is 0.481 e.